The summed E-state index contributed by atoms with van der Waals surface area (Å²) in [7, 11) is 0. The Balaban J connectivity index is 1.53. The Kier molecular flexibility index (Phi) is 5.95. The van der Waals surface area contributed by atoms with Crippen molar-refractivity contribution >= 4 is 11.6 Å². The van der Waals surface area contributed by atoms with Crippen LogP contribution in [0.5, 0.6) is 0 Å². The smallest absolute Gasteiger partial charge is 0.253 e. The molecule has 1 amide bonds. The summed E-state index contributed by atoms with van der Waals surface area (Å²) in [5.41, 5.74) is 2.83. The molecule has 1 atom stereocenters. The lowest BCUT2D eigenvalue weighted by Gasteiger charge is -2.26. The molecule has 1 aliphatic rings. The Hall–Kier alpha value is -3.06. The van der Waals surface area contributed by atoms with Crippen LogP contribution in [-0.2, 0) is 11.3 Å². The predicted octanol–water partition coefficient (Wildman–Crippen LogP) is 3.20. The number of carbonyl (C=O) groups excluding carboxylic acids is 1. The molecular formula is C22H26N6O. The van der Waals surface area contributed by atoms with E-state index in [1.54, 1.807) is 11.6 Å². The first-order chi connectivity index (χ1) is 14.2. The second-order valence-corrected chi connectivity index (χ2v) is 7.51. The van der Waals surface area contributed by atoms with Gasteiger partial charge in [-0.15, -0.1) is 5.10 Å². The van der Waals surface area contributed by atoms with Crippen molar-refractivity contribution in [1.29, 1.82) is 0 Å². The number of piperidine rings is 1. The molecule has 1 saturated heterocycles. The highest BCUT2D eigenvalue weighted by atomic mass is 16.2. The van der Waals surface area contributed by atoms with Gasteiger partial charge in [-0.3, -0.25) is 9.69 Å². The lowest BCUT2D eigenvalue weighted by atomic mass is 10.1. The summed E-state index contributed by atoms with van der Waals surface area (Å²) >= 11 is 0. The molecule has 29 heavy (non-hydrogen) atoms. The van der Waals surface area contributed by atoms with Crippen molar-refractivity contribution in [2.24, 2.45) is 0 Å². The summed E-state index contributed by atoms with van der Waals surface area (Å²) in [5.74, 6) is 0.426. The van der Waals surface area contributed by atoms with Crippen LogP contribution in [-0.4, -0.2) is 44.1 Å². The van der Waals surface area contributed by atoms with Crippen molar-refractivity contribution in [2.45, 2.75) is 38.8 Å². The molecule has 0 bridgehead atoms. The summed E-state index contributed by atoms with van der Waals surface area (Å²) in [6, 6.07) is 17.0. The minimum Gasteiger partial charge on any atom is -0.324 e. The first-order valence-corrected chi connectivity index (χ1v) is 10.1. The van der Waals surface area contributed by atoms with E-state index in [2.05, 4.69) is 37.9 Å². The molecule has 1 N–H and O–H groups in total. The van der Waals surface area contributed by atoms with Gasteiger partial charge in [0.15, 0.2) is 6.04 Å². The van der Waals surface area contributed by atoms with E-state index in [-0.39, 0.29) is 5.91 Å². The van der Waals surface area contributed by atoms with Crippen molar-refractivity contribution in [3.63, 3.8) is 0 Å². The van der Waals surface area contributed by atoms with Crippen molar-refractivity contribution in [3.05, 3.63) is 71.5 Å². The number of benzene rings is 2. The summed E-state index contributed by atoms with van der Waals surface area (Å²) in [5, 5.41) is 14.8. The van der Waals surface area contributed by atoms with Crippen LogP contribution in [0.25, 0.3) is 0 Å². The summed E-state index contributed by atoms with van der Waals surface area (Å²) in [6.45, 7) is 5.00. The largest absolute Gasteiger partial charge is 0.324 e. The zero-order valence-electron chi connectivity index (χ0n) is 16.7. The third-order valence-electron chi connectivity index (χ3n) is 5.31. The van der Waals surface area contributed by atoms with Crippen LogP contribution in [0.15, 0.2) is 54.6 Å². The van der Waals surface area contributed by atoms with Crippen LogP contribution < -0.4 is 5.32 Å². The number of tetrazole rings is 1. The number of aromatic nitrogens is 4. The van der Waals surface area contributed by atoms with Gasteiger partial charge in [0.1, 0.15) is 5.82 Å². The summed E-state index contributed by atoms with van der Waals surface area (Å²) < 4.78 is 1.56. The maximum Gasteiger partial charge on any atom is 0.253 e. The molecule has 1 fully saturated rings. The van der Waals surface area contributed by atoms with E-state index in [0.29, 0.717) is 5.82 Å². The number of carbonyl (C=O) groups is 1. The molecule has 0 spiro atoms. The Morgan fingerprint density at radius 2 is 1.86 bits per heavy atom. The zero-order chi connectivity index (χ0) is 20.1. The Morgan fingerprint density at radius 3 is 2.59 bits per heavy atom. The Labute approximate surface area is 170 Å². The van der Waals surface area contributed by atoms with E-state index in [1.807, 2.05) is 42.5 Å². The van der Waals surface area contributed by atoms with Gasteiger partial charge in [-0.05, 0) is 66.5 Å². The molecule has 0 aliphatic carbocycles. The Morgan fingerprint density at radius 1 is 1.07 bits per heavy atom. The van der Waals surface area contributed by atoms with Crippen molar-refractivity contribution in [1.82, 2.24) is 25.1 Å². The van der Waals surface area contributed by atoms with Gasteiger partial charge < -0.3 is 5.32 Å². The quantitative estimate of drug-likeness (QED) is 0.700. The minimum atomic E-state index is -0.628. The van der Waals surface area contributed by atoms with Gasteiger partial charge in [0.2, 0.25) is 0 Å². The van der Waals surface area contributed by atoms with E-state index < -0.39 is 6.04 Å². The monoisotopic (exact) mass is 390 g/mol. The van der Waals surface area contributed by atoms with Gasteiger partial charge in [0, 0.05) is 12.2 Å². The van der Waals surface area contributed by atoms with Crippen molar-refractivity contribution < 1.29 is 4.79 Å². The zero-order valence-corrected chi connectivity index (χ0v) is 16.7. The number of aryl methyl sites for hydroxylation is 1. The second-order valence-electron chi connectivity index (χ2n) is 7.51. The van der Waals surface area contributed by atoms with Crippen LogP contribution in [0.1, 0.15) is 42.3 Å². The maximum atomic E-state index is 13.2. The average molecular weight is 390 g/mol. The SMILES string of the molecule is Cc1nnnn1C(C(=O)Nc1cccc(CN2CCCCC2)c1)c1ccccc1. The average Bonchev–Trinajstić information content (AvgIpc) is 3.15. The number of anilines is 1. The highest BCUT2D eigenvalue weighted by Crippen LogP contribution is 2.22. The predicted molar refractivity (Wildman–Crippen MR) is 111 cm³/mol. The lowest BCUT2D eigenvalue weighted by Crippen LogP contribution is -2.29. The van der Waals surface area contributed by atoms with E-state index in [9.17, 15) is 4.79 Å². The lowest BCUT2D eigenvalue weighted by molar-refractivity contribution is -0.118. The molecule has 3 aromatic rings. The molecule has 7 nitrogen and oxygen atoms in total. The van der Waals surface area contributed by atoms with Crippen molar-refractivity contribution in [2.75, 3.05) is 18.4 Å². The number of likely N-dealkylation sites (tertiary alicyclic amines) is 1. The van der Waals surface area contributed by atoms with E-state index in [0.717, 1.165) is 30.9 Å². The van der Waals surface area contributed by atoms with E-state index in [1.165, 1.54) is 24.8 Å². The molecule has 1 aliphatic heterocycles. The molecule has 4 rings (SSSR count). The normalized spacial score (nSPS) is 15.8. The summed E-state index contributed by atoms with van der Waals surface area (Å²) in [6.07, 6.45) is 3.85. The van der Waals surface area contributed by atoms with Gasteiger partial charge in [-0.2, -0.15) is 0 Å². The molecule has 2 aromatic carbocycles. The van der Waals surface area contributed by atoms with Gasteiger partial charge >= 0.3 is 0 Å². The number of hydrogen-bond donors (Lipinski definition) is 1. The summed E-state index contributed by atoms with van der Waals surface area (Å²) in [4.78, 5) is 15.7. The molecule has 2 heterocycles. The van der Waals surface area contributed by atoms with Crippen LogP contribution in [0.4, 0.5) is 5.69 Å². The first-order valence-electron chi connectivity index (χ1n) is 10.1. The van der Waals surface area contributed by atoms with E-state index >= 15 is 0 Å². The molecule has 7 heteroatoms. The van der Waals surface area contributed by atoms with Crippen LogP contribution >= 0.6 is 0 Å². The number of nitrogens with zero attached hydrogens (tertiary/aromatic N) is 5. The minimum absolute atomic E-state index is 0.165. The van der Waals surface area contributed by atoms with Gasteiger partial charge in [0.25, 0.3) is 5.91 Å². The number of hydrogen-bond acceptors (Lipinski definition) is 5. The fourth-order valence-corrected chi connectivity index (χ4v) is 3.85. The van der Waals surface area contributed by atoms with E-state index in [4.69, 9.17) is 0 Å². The molecular weight excluding hydrogens is 364 g/mol. The third-order valence-corrected chi connectivity index (χ3v) is 5.31. The van der Waals surface area contributed by atoms with Crippen molar-refractivity contribution in [3.8, 4) is 0 Å². The second kappa shape index (κ2) is 8.96. The first kappa shape index (κ1) is 19.3. The fourth-order valence-electron chi connectivity index (χ4n) is 3.85. The molecule has 150 valence electrons. The number of rotatable bonds is 6. The highest BCUT2D eigenvalue weighted by molar-refractivity contribution is 5.95. The van der Waals surface area contributed by atoms with Crippen LogP contribution in [0, 0.1) is 6.92 Å². The van der Waals surface area contributed by atoms with Crippen LogP contribution in [0.3, 0.4) is 0 Å². The molecule has 0 saturated carbocycles. The molecule has 0 radical (unpaired) electrons. The van der Waals surface area contributed by atoms with Crippen LogP contribution in [0.2, 0.25) is 0 Å². The maximum absolute atomic E-state index is 13.2. The molecule has 1 aromatic heterocycles. The van der Waals surface area contributed by atoms with Gasteiger partial charge in [-0.25, -0.2) is 4.68 Å². The highest BCUT2D eigenvalue weighted by Gasteiger charge is 2.25. The standard InChI is InChI=1S/C22H26N6O/c1-17-24-25-26-28(17)21(19-10-4-2-5-11-19)22(29)23-20-12-8-9-18(15-20)16-27-13-6-3-7-14-27/h2,4-5,8-12,15,21H,3,6-7,13-14,16H2,1H3,(H,23,29). The van der Waals surface area contributed by atoms with Gasteiger partial charge in [0.05, 0.1) is 0 Å². The Bertz CT molecular complexity index is 949. The topological polar surface area (TPSA) is 75.9 Å². The molecule has 1 unspecified atom stereocenters. The fraction of sp³-hybridized carbons (Fsp3) is 0.364. The number of amides is 1. The number of nitrogens with one attached hydrogen (secondary N) is 1. The third kappa shape index (κ3) is 4.68. The van der Waals surface area contributed by atoms with Gasteiger partial charge in [-0.1, -0.05) is 48.9 Å².